The summed E-state index contributed by atoms with van der Waals surface area (Å²) in [5, 5.41) is 13.0. The highest BCUT2D eigenvalue weighted by molar-refractivity contribution is 5.40. The molecule has 0 aliphatic rings. The second-order valence-electron chi connectivity index (χ2n) is 3.19. The first-order chi connectivity index (χ1) is 7.35. The summed E-state index contributed by atoms with van der Waals surface area (Å²) in [6.45, 7) is 0.159. The number of nitrogens with zero attached hydrogens (tertiary/aromatic N) is 3. The lowest BCUT2D eigenvalue weighted by atomic mass is 10.3. The molecule has 1 N–H and O–H groups in total. The van der Waals surface area contributed by atoms with Crippen LogP contribution in [0.3, 0.4) is 0 Å². The number of aliphatic hydroxyl groups excluding tert-OH is 1. The first kappa shape index (κ1) is 9.92. The van der Waals surface area contributed by atoms with Crippen LogP contribution in [0.5, 0.6) is 5.88 Å². The summed E-state index contributed by atoms with van der Waals surface area (Å²) in [6, 6.07) is 5.58. The van der Waals surface area contributed by atoms with Crippen molar-refractivity contribution in [3.05, 3.63) is 24.0 Å². The summed E-state index contributed by atoms with van der Waals surface area (Å²) in [6.07, 6.45) is 1.36. The van der Waals surface area contributed by atoms with Gasteiger partial charge in [-0.15, -0.1) is 5.10 Å². The zero-order valence-corrected chi connectivity index (χ0v) is 8.55. The summed E-state index contributed by atoms with van der Waals surface area (Å²) in [5.41, 5.74) is 0.766. The van der Waals surface area contributed by atoms with Gasteiger partial charge in [0.1, 0.15) is 0 Å². The topological polar surface area (TPSA) is 59.7 Å². The Labute approximate surface area is 87.3 Å². The van der Waals surface area contributed by atoms with Crippen LogP contribution in [0.2, 0.25) is 0 Å². The van der Waals surface area contributed by atoms with E-state index in [1.54, 1.807) is 11.6 Å². The van der Waals surface area contributed by atoms with Crippen LogP contribution in [0.1, 0.15) is 12.2 Å². The van der Waals surface area contributed by atoms with Crippen LogP contribution in [0.15, 0.2) is 18.2 Å². The number of ether oxygens (including phenoxy) is 1. The van der Waals surface area contributed by atoms with Gasteiger partial charge in [0.05, 0.1) is 7.11 Å². The Kier molecular flexibility index (Phi) is 2.82. The van der Waals surface area contributed by atoms with Crippen LogP contribution in [0, 0.1) is 0 Å². The van der Waals surface area contributed by atoms with Gasteiger partial charge in [0.2, 0.25) is 5.88 Å². The van der Waals surface area contributed by atoms with Gasteiger partial charge in [-0.25, -0.2) is 4.98 Å². The average molecular weight is 207 g/mol. The molecule has 80 valence electrons. The van der Waals surface area contributed by atoms with Crippen LogP contribution in [-0.4, -0.2) is 33.4 Å². The van der Waals surface area contributed by atoms with Gasteiger partial charge in [-0.1, -0.05) is 6.07 Å². The summed E-state index contributed by atoms with van der Waals surface area (Å²) >= 11 is 0. The third kappa shape index (κ3) is 1.92. The predicted octanol–water partition coefficient (Wildman–Crippen LogP) is 0.663. The van der Waals surface area contributed by atoms with E-state index in [2.05, 4.69) is 10.1 Å². The van der Waals surface area contributed by atoms with E-state index in [9.17, 15) is 0 Å². The number of aliphatic hydroxyl groups is 1. The van der Waals surface area contributed by atoms with Gasteiger partial charge in [-0.2, -0.15) is 4.52 Å². The van der Waals surface area contributed by atoms with E-state index in [-0.39, 0.29) is 6.61 Å². The Morgan fingerprint density at radius 3 is 3.07 bits per heavy atom. The van der Waals surface area contributed by atoms with Crippen LogP contribution >= 0.6 is 0 Å². The second kappa shape index (κ2) is 4.27. The molecule has 0 bridgehead atoms. The Balaban J connectivity index is 2.37. The normalized spacial score (nSPS) is 10.8. The fourth-order valence-corrected chi connectivity index (χ4v) is 1.42. The largest absolute Gasteiger partial charge is 0.481 e. The van der Waals surface area contributed by atoms with E-state index in [1.807, 2.05) is 18.2 Å². The van der Waals surface area contributed by atoms with Gasteiger partial charge >= 0.3 is 0 Å². The fraction of sp³-hybridized carbons (Fsp3) is 0.400. The number of hydrogen-bond donors (Lipinski definition) is 1. The Morgan fingerprint density at radius 1 is 1.47 bits per heavy atom. The first-order valence-electron chi connectivity index (χ1n) is 4.84. The van der Waals surface area contributed by atoms with E-state index in [0.717, 1.165) is 11.5 Å². The van der Waals surface area contributed by atoms with E-state index < -0.39 is 0 Å². The first-order valence-corrected chi connectivity index (χ1v) is 4.84. The number of aromatic nitrogens is 3. The van der Waals surface area contributed by atoms with Crippen molar-refractivity contribution in [3.8, 4) is 5.88 Å². The number of aryl methyl sites for hydroxylation is 1. The molecular weight excluding hydrogens is 194 g/mol. The van der Waals surface area contributed by atoms with Crippen LogP contribution < -0.4 is 4.74 Å². The number of fused-ring (bicyclic) bond motifs is 1. The highest BCUT2D eigenvalue weighted by atomic mass is 16.5. The zero-order chi connectivity index (χ0) is 10.7. The third-order valence-corrected chi connectivity index (χ3v) is 2.14. The molecule has 0 aliphatic heterocycles. The maximum atomic E-state index is 8.72. The predicted molar refractivity (Wildman–Crippen MR) is 54.9 cm³/mol. The Morgan fingerprint density at radius 2 is 2.33 bits per heavy atom. The molecule has 0 amide bonds. The van der Waals surface area contributed by atoms with Gasteiger partial charge < -0.3 is 9.84 Å². The van der Waals surface area contributed by atoms with Gasteiger partial charge in [0, 0.05) is 19.1 Å². The molecule has 5 nitrogen and oxygen atoms in total. The van der Waals surface area contributed by atoms with Gasteiger partial charge in [-0.3, -0.25) is 0 Å². The lowest BCUT2D eigenvalue weighted by Crippen LogP contribution is -1.96. The quantitative estimate of drug-likeness (QED) is 0.800. The fourth-order valence-electron chi connectivity index (χ4n) is 1.42. The minimum absolute atomic E-state index is 0.159. The van der Waals surface area contributed by atoms with Crippen molar-refractivity contribution in [3.63, 3.8) is 0 Å². The summed E-state index contributed by atoms with van der Waals surface area (Å²) in [7, 11) is 1.60. The highest BCUT2D eigenvalue weighted by Gasteiger charge is 2.06. The zero-order valence-electron chi connectivity index (χ0n) is 8.55. The molecule has 0 aliphatic carbocycles. The van der Waals surface area contributed by atoms with E-state index >= 15 is 0 Å². The van der Waals surface area contributed by atoms with Gasteiger partial charge in [0.25, 0.3) is 0 Å². The maximum absolute atomic E-state index is 8.72. The molecule has 5 heteroatoms. The molecule has 0 fully saturated rings. The number of methoxy groups -OCH3 is 1. The van der Waals surface area contributed by atoms with Crippen molar-refractivity contribution < 1.29 is 9.84 Å². The molecule has 0 saturated carbocycles. The van der Waals surface area contributed by atoms with Crippen molar-refractivity contribution in [2.45, 2.75) is 12.8 Å². The highest BCUT2D eigenvalue weighted by Crippen LogP contribution is 2.12. The molecule has 2 aromatic rings. The molecular formula is C10H13N3O2. The number of rotatable bonds is 4. The summed E-state index contributed by atoms with van der Waals surface area (Å²) < 4.78 is 6.82. The van der Waals surface area contributed by atoms with Crippen molar-refractivity contribution in [1.82, 2.24) is 14.6 Å². The van der Waals surface area contributed by atoms with Crippen molar-refractivity contribution in [2.75, 3.05) is 13.7 Å². The van der Waals surface area contributed by atoms with Crippen molar-refractivity contribution >= 4 is 5.65 Å². The van der Waals surface area contributed by atoms with E-state index in [4.69, 9.17) is 9.84 Å². The lowest BCUT2D eigenvalue weighted by molar-refractivity contribution is 0.287. The van der Waals surface area contributed by atoms with Crippen LogP contribution in [-0.2, 0) is 6.42 Å². The Bertz CT molecular complexity index is 453. The molecule has 2 aromatic heterocycles. The molecule has 0 aromatic carbocycles. The lowest BCUT2D eigenvalue weighted by Gasteiger charge is -1.99. The molecule has 0 spiro atoms. The van der Waals surface area contributed by atoms with Gasteiger partial charge in [0.15, 0.2) is 11.5 Å². The molecule has 2 rings (SSSR count). The standard InChI is InChI=1S/C10H13N3O2/c1-15-10-6-2-5-9-11-8(4-3-7-14)12-13(9)10/h2,5-6,14H,3-4,7H2,1H3. The summed E-state index contributed by atoms with van der Waals surface area (Å²) in [4.78, 5) is 4.32. The summed E-state index contributed by atoms with van der Waals surface area (Å²) in [5.74, 6) is 1.39. The molecule has 0 radical (unpaired) electrons. The second-order valence-corrected chi connectivity index (χ2v) is 3.19. The smallest absolute Gasteiger partial charge is 0.216 e. The van der Waals surface area contributed by atoms with E-state index in [1.165, 1.54) is 0 Å². The SMILES string of the molecule is COc1cccc2nc(CCCO)nn12. The van der Waals surface area contributed by atoms with Crippen LogP contribution in [0.4, 0.5) is 0 Å². The molecule has 15 heavy (non-hydrogen) atoms. The third-order valence-electron chi connectivity index (χ3n) is 2.14. The monoisotopic (exact) mass is 207 g/mol. The van der Waals surface area contributed by atoms with E-state index in [0.29, 0.717) is 18.7 Å². The van der Waals surface area contributed by atoms with Crippen molar-refractivity contribution in [2.24, 2.45) is 0 Å². The minimum atomic E-state index is 0.159. The molecule has 0 unspecified atom stereocenters. The van der Waals surface area contributed by atoms with Crippen molar-refractivity contribution in [1.29, 1.82) is 0 Å². The number of hydrogen-bond acceptors (Lipinski definition) is 4. The maximum Gasteiger partial charge on any atom is 0.216 e. The Hall–Kier alpha value is -1.62. The number of pyridine rings is 1. The average Bonchev–Trinajstić information content (AvgIpc) is 2.68. The van der Waals surface area contributed by atoms with Crippen LogP contribution in [0.25, 0.3) is 5.65 Å². The minimum Gasteiger partial charge on any atom is -0.481 e. The molecule has 2 heterocycles. The molecule has 0 saturated heterocycles. The van der Waals surface area contributed by atoms with Gasteiger partial charge in [-0.05, 0) is 12.5 Å². The molecule has 0 atom stereocenters.